The minimum atomic E-state index is -1.01. The SMILES string of the molecule is CC(C)(C)OC(=O)N1CCOC(CCOCCOCCOCCOc2ccc3c(c2)C(=O)N(C2CCC(=O)NC2=O)C3=O)C1.O=C1CCC(N2C(=O)c3ccc(OCCOCCOCCOCCC4CNCCO4)cc3C2=O)C(=O)N1. The fourth-order valence-electron chi connectivity index (χ4n) is 9.22. The predicted octanol–water partition coefficient (Wildman–Crippen LogP) is 1.44. The number of hydrogen-bond donors (Lipinski definition) is 3. The van der Waals surface area contributed by atoms with Crippen LogP contribution in [0.2, 0.25) is 0 Å². The van der Waals surface area contributed by atoms with E-state index in [-0.39, 0.29) is 86.1 Å². The Morgan fingerprint density at radius 1 is 0.543 bits per heavy atom. The lowest BCUT2D eigenvalue weighted by atomic mass is 10.0. The molecule has 8 rings (SSSR count). The van der Waals surface area contributed by atoms with Crippen LogP contribution in [-0.4, -0.2) is 230 Å². The van der Waals surface area contributed by atoms with Crippen molar-refractivity contribution in [1.82, 2.24) is 30.7 Å². The minimum Gasteiger partial charge on any atom is -0.491 e. The van der Waals surface area contributed by atoms with Gasteiger partial charge >= 0.3 is 6.09 Å². The van der Waals surface area contributed by atoms with Crippen LogP contribution in [-0.2, 0) is 61.8 Å². The molecule has 0 saturated carbocycles. The number of rotatable bonds is 28. The van der Waals surface area contributed by atoms with Gasteiger partial charge in [-0.25, -0.2) is 4.79 Å². The Bertz CT molecular complexity index is 2530. The highest BCUT2D eigenvalue weighted by molar-refractivity contribution is 6.24. The van der Waals surface area contributed by atoms with E-state index in [1.165, 1.54) is 24.3 Å². The third kappa shape index (κ3) is 18.5. The molecule has 0 aromatic heterocycles. The van der Waals surface area contributed by atoms with Crippen molar-refractivity contribution >= 4 is 53.4 Å². The smallest absolute Gasteiger partial charge is 0.410 e. The summed E-state index contributed by atoms with van der Waals surface area (Å²) < 4.78 is 61.3. The molecule has 4 unspecified atom stereocenters. The molecule has 4 saturated heterocycles. The van der Waals surface area contributed by atoms with Gasteiger partial charge < -0.3 is 62.3 Å². The van der Waals surface area contributed by atoms with Crippen molar-refractivity contribution in [3.8, 4) is 11.5 Å². The highest BCUT2D eigenvalue weighted by Gasteiger charge is 2.46. The Morgan fingerprint density at radius 2 is 0.963 bits per heavy atom. The van der Waals surface area contributed by atoms with Crippen LogP contribution in [0.25, 0.3) is 0 Å². The summed E-state index contributed by atoms with van der Waals surface area (Å²) in [5, 5.41) is 7.64. The fraction of sp³-hybridized carbons (Fsp3) is 0.618. The van der Waals surface area contributed by atoms with E-state index in [1.54, 1.807) is 17.0 Å². The number of ether oxygens (including phenoxy) is 11. The lowest BCUT2D eigenvalue weighted by Gasteiger charge is -2.34. The van der Waals surface area contributed by atoms with Gasteiger partial charge in [-0.15, -0.1) is 0 Å². The van der Waals surface area contributed by atoms with Gasteiger partial charge in [0.1, 0.15) is 42.4 Å². The summed E-state index contributed by atoms with van der Waals surface area (Å²) in [5.74, 6) is -3.60. The molecular weight excluding hydrogens is 1060 g/mol. The molecule has 3 N–H and O–H groups in total. The van der Waals surface area contributed by atoms with Crippen LogP contribution < -0.4 is 25.4 Å². The molecule has 9 amide bonds. The standard InChI is InChI=1S/C30H41N3O11.C25H33N3O9/c1-30(2,3)44-29(38)32-9-11-42-21(19-32)8-10-39-12-13-40-14-15-41-16-17-43-20-4-5-22-23(18-20)28(37)33(27(22)36)24-6-7-25(34)31-26(24)35;29-22-4-3-21(23(30)27-22)28-24(31)19-2-1-17(15-20(19)25(28)32)37-14-13-35-12-11-34-10-9-33-7-5-18-16-26-6-8-36-18/h4-5,18,21,24H,6-17,19H2,1-3H3,(H,31,34,35);1-2,15,18,21,26H,3-14,16H2,(H,27,29,30). The molecule has 4 fully saturated rings. The van der Waals surface area contributed by atoms with Crippen molar-refractivity contribution in [1.29, 1.82) is 0 Å². The van der Waals surface area contributed by atoms with Gasteiger partial charge in [-0.1, -0.05) is 0 Å². The Labute approximate surface area is 469 Å². The summed E-state index contributed by atoms with van der Waals surface area (Å²) >= 11 is 0. The molecule has 0 radical (unpaired) electrons. The number of carbonyl (C=O) groups excluding carboxylic acids is 9. The van der Waals surface area contributed by atoms with Gasteiger partial charge in [0, 0.05) is 45.7 Å². The van der Waals surface area contributed by atoms with E-state index in [2.05, 4.69) is 16.0 Å². The van der Waals surface area contributed by atoms with E-state index in [0.717, 1.165) is 35.9 Å². The van der Waals surface area contributed by atoms with Crippen LogP contribution in [0.3, 0.4) is 0 Å². The number of fused-ring (bicyclic) bond motifs is 2. The second-order valence-corrected chi connectivity index (χ2v) is 20.4. The van der Waals surface area contributed by atoms with Gasteiger partial charge in [0.05, 0.1) is 120 Å². The van der Waals surface area contributed by atoms with Crippen molar-refractivity contribution in [2.75, 3.05) is 132 Å². The van der Waals surface area contributed by atoms with Gasteiger partial charge in [0.2, 0.25) is 23.6 Å². The highest BCUT2D eigenvalue weighted by atomic mass is 16.6. The first kappa shape index (κ1) is 62.1. The fourth-order valence-corrected chi connectivity index (χ4v) is 9.22. The van der Waals surface area contributed by atoms with E-state index >= 15 is 0 Å². The Hall–Kier alpha value is -6.49. The zero-order valence-electron chi connectivity index (χ0n) is 46.2. The zero-order valence-corrected chi connectivity index (χ0v) is 46.2. The maximum Gasteiger partial charge on any atom is 0.410 e. The summed E-state index contributed by atoms with van der Waals surface area (Å²) in [5.41, 5.74) is 0.193. The van der Waals surface area contributed by atoms with Crippen molar-refractivity contribution in [3.63, 3.8) is 0 Å². The first-order valence-electron chi connectivity index (χ1n) is 27.4. The topological polar surface area (TPSA) is 301 Å². The van der Waals surface area contributed by atoms with Crippen molar-refractivity contribution in [2.45, 2.75) is 89.2 Å². The Morgan fingerprint density at radius 3 is 1.40 bits per heavy atom. The molecule has 444 valence electrons. The third-order valence-electron chi connectivity index (χ3n) is 13.3. The lowest BCUT2D eigenvalue weighted by molar-refractivity contribution is -0.137. The minimum absolute atomic E-state index is 0.0617. The van der Waals surface area contributed by atoms with Crippen molar-refractivity contribution < 1.29 is 95.3 Å². The number of carbonyl (C=O) groups is 9. The van der Waals surface area contributed by atoms with Crippen LogP contribution in [0.1, 0.15) is 101 Å². The van der Waals surface area contributed by atoms with Crippen LogP contribution in [0.15, 0.2) is 36.4 Å². The average Bonchev–Trinajstić information content (AvgIpc) is 3.86. The van der Waals surface area contributed by atoms with Gasteiger partial charge in [0.15, 0.2) is 0 Å². The molecule has 2 aromatic carbocycles. The highest BCUT2D eigenvalue weighted by Crippen LogP contribution is 2.32. The second-order valence-electron chi connectivity index (χ2n) is 20.4. The molecule has 6 aliphatic heterocycles. The quantitative estimate of drug-likeness (QED) is 0.0802. The summed E-state index contributed by atoms with van der Waals surface area (Å²) in [6, 6.07) is 7.13. The number of amides is 9. The summed E-state index contributed by atoms with van der Waals surface area (Å²) in [7, 11) is 0. The van der Waals surface area contributed by atoms with E-state index in [1.807, 2.05) is 20.8 Å². The summed E-state index contributed by atoms with van der Waals surface area (Å²) in [4.78, 5) is 114. The van der Waals surface area contributed by atoms with Crippen LogP contribution in [0.4, 0.5) is 4.79 Å². The largest absolute Gasteiger partial charge is 0.491 e. The van der Waals surface area contributed by atoms with E-state index in [0.29, 0.717) is 110 Å². The summed E-state index contributed by atoms with van der Waals surface area (Å²) in [6.45, 7) is 15.1. The van der Waals surface area contributed by atoms with E-state index in [9.17, 15) is 43.2 Å². The first-order valence-corrected chi connectivity index (χ1v) is 27.4. The molecular formula is C55H74N6O20. The third-order valence-corrected chi connectivity index (χ3v) is 13.3. The van der Waals surface area contributed by atoms with Gasteiger partial charge in [-0.05, 0) is 82.9 Å². The number of nitrogens with one attached hydrogen (secondary N) is 3. The first-order chi connectivity index (χ1) is 39.1. The van der Waals surface area contributed by atoms with Crippen LogP contribution in [0, 0.1) is 0 Å². The maximum atomic E-state index is 12.9. The lowest BCUT2D eigenvalue weighted by Crippen LogP contribution is -2.54. The predicted molar refractivity (Wildman–Crippen MR) is 282 cm³/mol. The number of morpholine rings is 2. The number of hydrogen-bond acceptors (Lipinski definition) is 21. The molecule has 0 bridgehead atoms. The monoisotopic (exact) mass is 1140 g/mol. The molecule has 0 aliphatic carbocycles. The molecule has 0 spiro atoms. The molecule has 26 nitrogen and oxygen atoms in total. The number of nitrogens with zero attached hydrogens (tertiary/aromatic N) is 3. The molecule has 26 heteroatoms. The van der Waals surface area contributed by atoms with Crippen LogP contribution in [0.5, 0.6) is 11.5 Å². The molecule has 4 atom stereocenters. The van der Waals surface area contributed by atoms with Gasteiger partial charge in [0.25, 0.3) is 23.6 Å². The van der Waals surface area contributed by atoms with E-state index in [4.69, 9.17) is 52.1 Å². The second kappa shape index (κ2) is 31.1. The van der Waals surface area contributed by atoms with Crippen LogP contribution >= 0.6 is 0 Å². The average molecular weight is 1140 g/mol. The number of imide groups is 4. The van der Waals surface area contributed by atoms with Gasteiger partial charge in [-0.3, -0.25) is 58.8 Å². The molecule has 2 aromatic rings. The Balaban J connectivity index is 0.000000237. The van der Waals surface area contributed by atoms with E-state index < -0.39 is 64.9 Å². The number of piperidine rings is 2. The van der Waals surface area contributed by atoms with Crippen molar-refractivity contribution in [3.05, 3.63) is 58.7 Å². The Kier molecular flexibility index (Phi) is 23.8. The molecule has 6 aliphatic rings. The maximum absolute atomic E-state index is 12.9. The zero-order chi connectivity index (χ0) is 57.7. The molecule has 81 heavy (non-hydrogen) atoms. The number of benzene rings is 2. The molecule has 6 heterocycles. The van der Waals surface area contributed by atoms with Crippen molar-refractivity contribution in [2.24, 2.45) is 0 Å². The van der Waals surface area contributed by atoms with Gasteiger partial charge in [-0.2, -0.15) is 0 Å². The normalized spacial score (nSPS) is 21.1. The summed E-state index contributed by atoms with van der Waals surface area (Å²) in [6.07, 6.45) is 1.67.